The van der Waals surface area contributed by atoms with Gasteiger partial charge in [0.15, 0.2) is 0 Å². The van der Waals surface area contributed by atoms with Gasteiger partial charge in [0, 0.05) is 23.4 Å². The summed E-state index contributed by atoms with van der Waals surface area (Å²) in [5, 5.41) is 10.4. The highest BCUT2D eigenvalue weighted by Gasteiger charge is 2.34. The highest BCUT2D eigenvalue weighted by atomic mass is 19.1. The minimum Gasteiger partial charge on any atom is -0.387 e. The van der Waals surface area contributed by atoms with E-state index in [2.05, 4.69) is 4.98 Å². The molecule has 0 bridgehead atoms. The Morgan fingerprint density at radius 2 is 2.00 bits per heavy atom. The van der Waals surface area contributed by atoms with Crippen LogP contribution >= 0.6 is 0 Å². The molecule has 0 aliphatic heterocycles. The zero-order valence-corrected chi connectivity index (χ0v) is 13.3. The van der Waals surface area contributed by atoms with Gasteiger partial charge in [0.2, 0.25) is 5.56 Å². The monoisotopic (exact) mass is 330 g/mol. The van der Waals surface area contributed by atoms with Crippen molar-refractivity contribution in [3.8, 4) is 0 Å². The van der Waals surface area contributed by atoms with Crippen molar-refractivity contribution < 1.29 is 14.3 Å². The van der Waals surface area contributed by atoms with Gasteiger partial charge in [0.1, 0.15) is 5.82 Å². The average Bonchev–Trinajstić information content (AvgIpc) is 3.36. The van der Waals surface area contributed by atoms with Gasteiger partial charge in [-0.25, -0.2) is 4.39 Å². The minimum atomic E-state index is -0.904. The molecule has 1 unspecified atom stereocenters. The molecule has 6 heteroatoms. The van der Waals surface area contributed by atoms with Gasteiger partial charge in [-0.2, -0.15) is 0 Å². The first-order chi connectivity index (χ1) is 11.4. The smallest absolute Gasteiger partial charge is 0.254 e. The molecule has 1 saturated carbocycles. The number of H-pyrrole nitrogens is 1. The van der Waals surface area contributed by atoms with E-state index < -0.39 is 6.10 Å². The van der Waals surface area contributed by atoms with Crippen LogP contribution < -0.4 is 5.56 Å². The lowest BCUT2D eigenvalue weighted by atomic mass is 10.1. The Morgan fingerprint density at radius 1 is 1.33 bits per heavy atom. The van der Waals surface area contributed by atoms with E-state index in [-0.39, 0.29) is 29.9 Å². The third kappa shape index (κ3) is 3.71. The van der Waals surface area contributed by atoms with E-state index in [1.165, 1.54) is 30.3 Å². The van der Waals surface area contributed by atoms with Crippen molar-refractivity contribution in [1.82, 2.24) is 9.88 Å². The molecule has 3 rings (SSSR count). The van der Waals surface area contributed by atoms with Gasteiger partial charge in [-0.05, 0) is 43.5 Å². The molecule has 0 radical (unpaired) electrons. The maximum atomic E-state index is 13.0. The number of carbonyl (C=O) groups excluding carboxylic acids is 1. The molecule has 2 aromatic rings. The molecule has 1 fully saturated rings. The predicted octanol–water partition coefficient (Wildman–Crippen LogP) is 2.16. The first-order valence-electron chi connectivity index (χ1n) is 7.89. The number of aryl methyl sites for hydroxylation is 1. The standard InChI is InChI=1S/C18H19FN2O3/c1-11-8-13(9-17(23)20-11)18(24)21(15-6-7-15)10-16(22)12-2-4-14(19)5-3-12/h2-5,8-9,15-16,22H,6-7,10H2,1H3,(H,20,23). The molecule has 0 saturated heterocycles. The highest BCUT2D eigenvalue weighted by molar-refractivity contribution is 5.94. The average molecular weight is 330 g/mol. The van der Waals surface area contributed by atoms with Crippen molar-refractivity contribution >= 4 is 5.91 Å². The fourth-order valence-electron chi connectivity index (χ4n) is 2.73. The third-order valence-electron chi connectivity index (χ3n) is 4.10. The van der Waals surface area contributed by atoms with E-state index in [0.717, 1.165) is 12.8 Å². The van der Waals surface area contributed by atoms with Crippen LogP contribution in [-0.4, -0.2) is 33.5 Å². The molecule has 2 N–H and O–H groups in total. The summed E-state index contributed by atoms with van der Waals surface area (Å²) in [5.74, 6) is -0.645. The van der Waals surface area contributed by atoms with Crippen molar-refractivity contribution in [3.63, 3.8) is 0 Å². The third-order valence-corrected chi connectivity index (χ3v) is 4.10. The maximum absolute atomic E-state index is 13.0. The number of benzene rings is 1. The SMILES string of the molecule is Cc1cc(C(=O)N(CC(O)c2ccc(F)cc2)C2CC2)cc(=O)[nH]1. The Balaban J connectivity index is 1.80. The largest absolute Gasteiger partial charge is 0.387 e. The predicted molar refractivity (Wildman–Crippen MR) is 87.2 cm³/mol. The van der Waals surface area contributed by atoms with Gasteiger partial charge >= 0.3 is 0 Å². The van der Waals surface area contributed by atoms with Gasteiger partial charge in [-0.15, -0.1) is 0 Å². The topological polar surface area (TPSA) is 73.4 Å². The van der Waals surface area contributed by atoms with Gasteiger partial charge in [0.25, 0.3) is 5.91 Å². The Bertz CT molecular complexity index is 797. The first-order valence-corrected chi connectivity index (χ1v) is 7.89. The summed E-state index contributed by atoms with van der Waals surface area (Å²) >= 11 is 0. The molecule has 1 aromatic heterocycles. The molecule has 1 aliphatic rings. The quantitative estimate of drug-likeness (QED) is 0.882. The zero-order chi connectivity index (χ0) is 17.3. The van der Waals surface area contributed by atoms with Crippen LogP contribution in [0.25, 0.3) is 0 Å². The molecule has 1 amide bonds. The number of rotatable bonds is 5. The lowest BCUT2D eigenvalue weighted by Crippen LogP contribution is -2.37. The molecular formula is C18H19FN2O3. The summed E-state index contributed by atoms with van der Waals surface area (Å²) < 4.78 is 13.0. The van der Waals surface area contributed by atoms with Crippen LogP contribution in [0.3, 0.4) is 0 Å². The van der Waals surface area contributed by atoms with Crippen LogP contribution in [0, 0.1) is 12.7 Å². The van der Waals surface area contributed by atoms with Gasteiger partial charge < -0.3 is 15.0 Å². The van der Waals surface area contributed by atoms with E-state index in [4.69, 9.17) is 0 Å². The Kier molecular flexibility index (Phi) is 4.49. The van der Waals surface area contributed by atoms with Crippen molar-refractivity contribution in [2.75, 3.05) is 6.54 Å². The fraction of sp³-hybridized carbons (Fsp3) is 0.333. The number of aliphatic hydroxyl groups excluding tert-OH is 1. The Hall–Kier alpha value is -2.47. The van der Waals surface area contributed by atoms with Crippen molar-refractivity contribution in [2.45, 2.75) is 31.9 Å². The van der Waals surface area contributed by atoms with Crippen LogP contribution in [0.2, 0.25) is 0 Å². The van der Waals surface area contributed by atoms with Crippen molar-refractivity contribution in [2.24, 2.45) is 0 Å². The molecule has 1 heterocycles. The number of aromatic nitrogens is 1. The van der Waals surface area contributed by atoms with Gasteiger partial charge in [0.05, 0.1) is 12.6 Å². The molecule has 0 spiro atoms. The minimum absolute atomic E-state index is 0.0761. The molecule has 1 aliphatic carbocycles. The van der Waals surface area contributed by atoms with Crippen LogP contribution in [0.15, 0.2) is 41.2 Å². The number of pyridine rings is 1. The molecule has 1 aromatic carbocycles. The number of nitrogens with zero attached hydrogens (tertiary/aromatic N) is 1. The summed E-state index contributed by atoms with van der Waals surface area (Å²) in [6.45, 7) is 1.83. The van der Waals surface area contributed by atoms with E-state index in [1.807, 2.05) is 0 Å². The second-order valence-electron chi connectivity index (χ2n) is 6.17. The maximum Gasteiger partial charge on any atom is 0.254 e. The number of aromatic amines is 1. The molecule has 1 atom stereocenters. The summed E-state index contributed by atoms with van der Waals surface area (Å²) in [5.41, 5.74) is 1.15. The van der Waals surface area contributed by atoms with E-state index in [0.29, 0.717) is 16.8 Å². The van der Waals surface area contributed by atoms with Crippen LogP contribution in [0.5, 0.6) is 0 Å². The fourth-order valence-corrected chi connectivity index (χ4v) is 2.73. The lowest BCUT2D eigenvalue weighted by Gasteiger charge is -2.25. The molecular weight excluding hydrogens is 311 g/mol. The first kappa shape index (κ1) is 16.4. The molecule has 5 nitrogen and oxygen atoms in total. The number of hydrogen-bond donors (Lipinski definition) is 2. The second-order valence-corrected chi connectivity index (χ2v) is 6.17. The number of halogens is 1. The van der Waals surface area contributed by atoms with E-state index in [1.54, 1.807) is 17.9 Å². The van der Waals surface area contributed by atoms with Crippen molar-refractivity contribution in [1.29, 1.82) is 0 Å². The summed E-state index contributed by atoms with van der Waals surface area (Å²) in [7, 11) is 0. The van der Waals surface area contributed by atoms with Crippen LogP contribution in [0.4, 0.5) is 4.39 Å². The Morgan fingerprint density at radius 3 is 2.58 bits per heavy atom. The summed E-state index contributed by atoms with van der Waals surface area (Å²) in [4.78, 5) is 28.6. The highest BCUT2D eigenvalue weighted by Crippen LogP contribution is 2.30. The number of nitrogens with one attached hydrogen (secondary N) is 1. The zero-order valence-electron chi connectivity index (χ0n) is 13.3. The van der Waals surface area contributed by atoms with Crippen LogP contribution in [0.1, 0.15) is 40.6 Å². The second kappa shape index (κ2) is 6.57. The Labute approximate surface area is 138 Å². The van der Waals surface area contributed by atoms with Crippen LogP contribution in [-0.2, 0) is 0 Å². The molecule has 126 valence electrons. The normalized spacial score (nSPS) is 15.1. The van der Waals surface area contributed by atoms with E-state index in [9.17, 15) is 19.1 Å². The molecule has 24 heavy (non-hydrogen) atoms. The van der Waals surface area contributed by atoms with Gasteiger partial charge in [-0.1, -0.05) is 12.1 Å². The summed E-state index contributed by atoms with van der Waals surface area (Å²) in [6, 6.07) is 8.55. The number of aliphatic hydroxyl groups is 1. The van der Waals surface area contributed by atoms with Gasteiger partial charge in [-0.3, -0.25) is 9.59 Å². The summed E-state index contributed by atoms with van der Waals surface area (Å²) in [6.07, 6.45) is 0.854. The number of amides is 1. The number of hydrogen-bond acceptors (Lipinski definition) is 3. The van der Waals surface area contributed by atoms with E-state index >= 15 is 0 Å². The lowest BCUT2D eigenvalue weighted by molar-refractivity contribution is 0.0602. The number of carbonyl (C=O) groups is 1. The van der Waals surface area contributed by atoms with Crippen molar-refractivity contribution in [3.05, 3.63) is 69.4 Å².